The first-order chi connectivity index (χ1) is 2.43. The quantitative estimate of drug-likeness (QED) is 0.438. The minimum atomic E-state index is 1.05. The predicted octanol–water partition coefficient (Wildman–Crippen LogP) is 1.51. The van der Waals surface area contributed by atoms with E-state index in [9.17, 15) is 0 Å². The maximum Gasteiger partial charge on any atom is 0.0136 e. The van der Waals surface area contributed by atoms with Crippen molar-refractivity contribution in [2.45, 2.75) is 18.6 Å². The van der Waals surface area contributed by atoms with Crippen LogP contribution in [0.3, 0.4) is 0 Å². The van der Waals surface area contributed by atoms with Gasteiger partial charge in [0.15, 0.2) is 0 Å². The molecule has 0 aromatic rings. The van der Waals surface area contributed by atoms with Gasteiger partial charge in [0.25, 0.3) is 0 Å². The Morgan fingerprint density at radius 1 is 2.00 bits per heavy atom. The first-order valence-corrected chi connectivity index (χ1v) is 3.10. The molecule has 0 aromatic heterocycles. The van der Waals surface area contributed by atoms with E-state index < -0.39 is 0 Å². The molecule has 1 aliphatic heterocycles. The van der Waals surface area contributed by atoms with Gasteiger partial charge in [-0.3, -0.25) is 0 Å². The lowest BCUT2D eigenvalue weighted by Gasteiger charge is -1.70. The van der Waals surface area contributed by atoms with E-state index in [2.05, 4.69) is 18.7 Å². The van der Waals surface area contributed by atoms with Crippen LogP contribution in [-0.4, -0.2) is 11.0 Å². The van der Waals surface area contributed by atoms with Crippen LogP contribution in [0.4, 0.5) is 0 Å². The van der Waals surface area contributed by atoms with Crippen molar-refractivity contribution >= 4 is 11.8 Å². The van der Waals surface area contributed by atoms with Gasteiger partial charge in [-0.25, -0.2) is 0 Å². The molecule has 0 aliphatic carbocycles. The molecule has 0 aromatic carbocycles. The largest absolute Gasteiger partial charge is 0.157 e. The standard InChI is InChI=1S/C4H8S/c1-2-4-3-5-4/h4H,2-3H2,1H3/t4-/m0/s1. The fourth-order valence-corrected chi connectivity index (χ4v) is 0.911. The van der Waals surface area contributed by atoms with Crippen LogP contribution in [0.1, 0.15) is 13.3 Å². The van der Waals surface area contributed by atoms with E-state index in [1.54, 1.807) is 0 Å². The SMILES string of the molecule is CC[C@H]1CS1. The molecule has 0 spiro atoms. The van der Waals surface area contributed by atoms with E-state index in [0.717, 1.165) is 5.25 Å². The van der Waals surface area contributed by atoms with Gasteiger partial charge in [-0.2, -0.15) is 11.8 Å². The van der Waals surface area contributed by atoms with E-state index in [4.69, 9.17) is 0 Å². The highest BCUT2D eigenvalue weighted by molar-refractivity contribution is 8.06. The van der Waals surface area contributed by atoms with Crippen LogP contribution in [0, 0.1) is 0 Å². The summed E-state index contributed by atoms with van der Waals surface area (Å²) >= 11 is 2.07. The third-order valence-electron chi connectivity index (χ3n) is 0.858. The van der Waals surface area contributed by atoms with Gasteiger partial charge in [-0.1, -0.05) is 6.92 Å². The van der Waals surface area contributed by atoms with Crippen LogP contribution in [0.2, 0.25) is 0 Å². The number of rotatable bonds is 1. The predicted molar refractivity (Wildman–Crippen MR) is 26.5 cm³/mol. The molecule has 1 rings (SSSR count). The zero-order valence-electron chi connectivity index (χ0n) is 3.40. The van der Waals surface area contributed by atoms with Gasteiger partial charge in [-0.05, 0) is 6.42 Å². The third kappa shape index (κ3) is 0.839. The molecule has 0 amide bonds. The normalized spacial score (nSPS) is 34.2. The molecule has 1 heterocycles. The monoisotopic (exact) mass is 88.0 g/mol. The zero-order chi connectivity index (χ0) is 3.70. The Bertz CT molecular complexity index is 30.6. The topological polar surface area (TPSA) is 0 Å². The van der Waals surface area contributed by atoms with Crippen LogP contribution in [0.25, 0.3) is 0 Å². The fraction of sp³-hybridized carbons (Fsp3) is 1.00. The lowest BCUT2D eigenvalue weighted by Crippen LogP contribution is -1.70. The number of hydrogen-bond donors (Lipinski definition) is 0. The molecule has 30 valence electrons. The van der Waals surface area contributed by atoms with Crippen LogP contribution in [0.15, 0.2) is 0 Å². The summed E-state index contributed by atoms with van der Waals surface area (Å²) in [6, 6.07) is 0. The number of hydrogen-bond acceptors (Lipinski definition) is 1. The van der Waals surface area contributed by atoms with Crippen molar-refractivity contribution < 1.29 is 0 Å². The molecule has 1 atom stereocenters. The van der Waals surface area contributed by atoms with Crippen molar-refractivity contribution in [3.8, 4) is 0 Å². The molecule has 0 nitrogen and oxygen atoms in total. The van der Waals surface area contributed by atoms with Crippen molar-refractivity contribution in [2.24, 2.45) is 0 Å². The van der Waals surface area contributed by atoms with Gasteiger partial charge >= 0.3 is 0 Å². The van der Waals surface area contributed by atoms with Crippen LogP contribution >= 0.6 is 11.8 Å². The van der Waals surface area contributed by atoms with E-state index in [-0.39, 0.29) is 0 Å². The van der Waals surface area contributed by atoms with Crippen LogP contribution in [0.5, 0.6) is 0 Å². The molecule has 0 radical (unpaired) electrons. The van der Waals surface area contributed by atoms with Crippen molar-refractivity contribution in [3.63, 3.8) is 0 Å². The summed E-state index contributed by atoms with van der Waals surface area (Å²) in [5, 5.41) is 1.05. The van der Waals surface area contributed by atoms with Crippen molar-refractivity contribution in [3.05, 3.63) is 0 Å². The molecule has 1 aliphatic rings. The summed E-state index contributed by atoms with van der Waals surface area (Å²) in [5.41, 5.74) is 0. The average molecular weight is 88.2 g/mol. The third-order valence-corrected chi connectivity index (χ3v) is 2.00. The molecule has 0 unspecified atom stereocenters. The molecule has 0 N–H and O–H groups in total. The molecule has 1 saturated heterocycles. The first-order valence-electron chi connectivity index (χ1n) is 2.05. The lowest BCUT2D eigenvalue weighted by atomic mass is 10.4. The van der Waals surface area contributed by atoms with E-state index in [1.165, 1.54) is 12.2 Å². The van der Waals surface area contributed by atoms with Gasteiger partial charge in [0, 0.05) is 11.0 Å². The van der Waals surface area contributed by atoms with Gasteiger partial charge in [0.1, 0.15) is 0 Å². The maximum atomic E-state index is 2.24. The molecule has 5 heavy (non-hydrogen) atoms. The fourth-order valence-electron chi connectivity index (χ4n) is 0.304. The van der Waals surface area contributed by atoms with E-state index >= 15 is 0 Å². The second kappa shape index (κ2) is 1.21. The first kappa shape index (κ1) is 3.54. The lowest BCUT2D eigenvalue weighted by molar-refractivity contribution is 0.981. The molecular weight excluding hydrogens is 80.1 g/mol. The average Bonchev–Trinajstić information content (AvgIpc) is 2.12. The highest BCUT2D eigenvalue weighted by atomic mass is 32.2. The molecule has 1 heteroatoms. The molecule has 0 bridgehead atoms. The van der Waals surface area contributed by atoms with Gasteiger partial charge < -0.3 is 0 Å². The summed E-state index contributed by atoms with van der Waals surface area (Å²) in [6.45, 7) is 2.24. The van der Waals surface area contributed by atoms with Crippen LogP contribution in [-0.2, 0) is 0 Å². The highest BCUT2D eigenvalue weighted by Crippen LogP contribution is 2.32. The van der Waals surface area contributed by atoms with E-state index in [1.807, 2.05) is 0 Å². The smallest absolute Gasteiger partial charge is 0.0136 e. The Labute approximate surface area is 37.0 Å². The molecular formula is C4H8S. The Morgan fingerprint density at radius 2 is 2.60 bits per heavy atom. The molecule has 0 saturated carbocycles. The number of thioether (sulfide) groups is 1. The summed E-state index contributed by atoms with van der Waals surface area (Å²) < 4.78 is 0. The second-order valence-corrected chi connectivity index (χ2v) is 2.70. The Balaban J connectivity index is 2.00. The van der Waals surface area contributed by atoms with Gasteiger partial charge in [0.2, 0.25) is 0 Å². The minimum Gasteiger partial charge on any atom is -0.157 e. The van der Waals surface area contributed by atoms with E-state index in [0.29, 0.717) is 0 Å². The van der Waals surface area contributed by atoms with Crippen molar-refractivity contribution in [1.82, 2.24) is 0 Å². The molecule has 1 fully saturated rings. The Hall–Kier alpha value is 0.350. The summed E-state index contributed by atoms with van der Waals surface area (Å²) in [7, 11) is 0. The minimum absolute atomic E-state index is 1.05. The van der Waals surface area contributed by atoms with Gasteiger partial charge in [-0.15, -0.1) is 0 Å². The Morgan fingerprint density at radius 3 is 2.60 bits per heavy atom. The Kier molecular flexibility index (Phi) is 0.856. The van der Waals surface area contributed by atoms with Crippen LogP contribution < -0.4 is 0 Å². The van der Waals surface area contributed by atoms with Gasteiger partial charge in [0.05, 0.1) is 0 Å². The van der Waals surface area contributed by atoms with Crippen molar-refractivity contribution in [1.29, 1.82) is 0 Å². The summed E-state index contributed by atoms with van der Waals surface area (Å²) in [5.74, 6) is 1.43. The van der Waals surface area contributed by atoms with Crippen molar-refractivity contribution in [2.75, 3.05) is 5.75 Å². The summed E-state index contributed by atoms with van der Waals surface area (Å²) in [6.07, 6.45) is 1.38. The second-order valence-electron chi connectivity index (χ2n) is 1.36. The zero-order valence-corrected chi connectivity index (χ0v) is 4.22. The summed E-state index contributed by atoms with van der Waals surface area (Å²) in [4.78, 5) is 0. The maximum absolute atomic E-state index is 2.24. The highest BCUT2D eigenvalue weighted by Gasteiger charge is 2.18.